The molecule has 1 aliphatic carbocycles. The van der Waals surface area contributed by atoms with Crippen molar-refractivity contribution >= 4 is 11.6 Å². The molecule has 1 aliphatic rings. The van der Waals surface area contributed by atoms with Gasteiger partial charge in [-0.1, -0.05) is 25.3 Å². The third-order valence-corrected chi connectivity index (χ3v) is 4.32. The molecule has 1 amide bonds. The minimum absolute atomic E-state index is 0.124. The normalized spacial score (nSPS) is 17.8. The first-order valence-corrected chi connectivity index (χ1v) is 7.53. The van der Waals surface area contributed by atoms with Crippen LogP contribution in [-0.4, -0.2) is 18.5 Å². The van der Waals surface area contributed by atoms with E-state index in [0.29, 0.717) is 6.42 Å². The second-order valence-electron chi connectivity index (χ2n) is 6.40. The highest BCUT2D eigenvalue weighted by Gasteiger charge is 2.31. The van der Waals surface area contributed by atoms with Gasteiger partial charge in [-0.2, -0.15) is 0 Å². The molecule has 3 nitrogen and oxygen atoms in total. The molecule has 0 aliphatic heterocycles. The zero-order valence-corrected chi connectivity index (χ0v) is 12.9. The quantitative estimate of drug-likeness (QED) is 0.919. The van der Waals surface area contributed by atoms with Gasteiger partial charge in [-0.05, 0) is 49.9 Å². The SMILES string of the molecule is Cc1cc(C)cc(N(C)C(=O)CC2(N)CCCCC2)c1. The third-order valence-electron chi connectivity index (χ3n) is 4.32. The van der Waals surface area contributed by atoms with Crippen molar-refractivity contribution in [1.29, 1.82) is 0 Å². The highest BCUT2D eigenvalue weighted by atomic mass is 16.2. The van der Waals surface area contributed by atoms with E-state index in [0.717, 1.165) is 31.4 Å². The fourth-order valence-electron chi connectivity index (χ4n) is 3.14. The number of anilines is 1. The Morgan fingerprint density at radius 3 is 2.25 bits per heavy atom. The monoisotopic (exact) mass is 274 g/mol. The van der Waals surface area contributed by atoms with E-state index in [2.05, 4.69) is 32.0 Å². The molecule has 2 rings (SSSR count). The predicted octanol–water partition coefficient (Wildman–Crippen LogP) is 3.32. The number of benzene rings is 1. The molecule has 3 heteroatoms. The molecule has 0 radical (unpaired) electrons. The van der Waals surface area contributed by atoms with Crippen LogP contribution in [-0.2, 0) is 4.79 Å². The Hall–Kier alpha value is -1.35. The average molecular weight is 274 g/mol. The average Bonchev–Trinajstić information content (AvgIpc) is 2.37. The summed E-state index contributed by atoms with van der Waals surface area (Å²) in [6.45, 7) is 4.11. The highest BCUT2D eigenvalue weighted by molar-refractivity contribution is 5.93. The van der Waals surface area contributed by atoms with Crippen LogP contribution in [0.1, 0.15) is 49.7 Å². The molecule has 0 bridgehead atoms. The smallest absolute Gasteiger partial charge is 0.228 e. The standard InChI is InChI=1S/C17H26N2O/c1-13-9-14(2)11-15(10-13)19(3)16(20)12-17(18)7-5-4-6-8-17/h9-11H,4-8,12,18H2,1-3H3. The van der Waals surface area contributed by atoms with Crippen molar-refractivity contribution in [3.63, 3.8) is 0 Å². The summed E-state index contributed by atoms with van der Waals surface area (Å²) in [6, 6.07) is 6.22. The van der Waals surface area contributed by atoms with Crippen molar-refractivity contribution in [2.24, 2.45) is 5.73 Å². The van der Waals surface area contributed by atoms with Gasteiger partial charge in [0.1, 0.15) is 0 Å². The molecule has 2 N–H and O–H groups in total. The van der Waals surface area contributed by atoms with E-state index >= 15 is 0 Å². The molecule has 110 valence electrons. The number of aryl methyl sites for hydroxylation is 2. The Morgan fingerprint density at radius 2 is 1.70 bits per heavy atom. The molecule has 1 saturated carbocycles. The molecule has 0 aromatic heterocycles. The first-order chi connectivity index (χ1) is 9.39. The van der Waals surface area contributed by atoms with E-state index < -0.39 is 0 Å². The van der Waals surface area contributed by atoms with Crippen LogP contribution in [0.15, 0.2) is 18.2 Å². The lowest BCUT2D eigenvalue weighted by Crippen LogP contribution is -2.46. The van der Waals surface area contributed by atoms with Gasteiger partial charge in [0, 0.05) is 24.7 Å². The number of nitrogens with zero attached hydrogens (tertiary/aromatic N) is 1. The van der Waals surface area contributed by atoms with Gasteiger partial charge in [-0.3, -0.25) is 4.79 Å². The molecule has 0 saturated heterocycles. The third kappa shape index (κ3) is 3.60. The van der Waals surface area contributed by atoms with Gasteiger partial charge in [-0.25, -0.2) is 0 Å². The molecule has 1 fully saturated rings. The van der Waals surface area contributed by atoms with Crippen LogP contribution < -0.4 is 10.6 Å². The molecule has 1 aromatic carbocycles. The van der Waals surface area contributed by atoms with Crippen molar-refractivity contribution in [2.45, 2.75) is 57.9 Å². The van der Waals surface area contributed by atoms with Crippen molar-refractivity contribution in [3.05, 3.63) is 29.3 Å². The topological polar surface area (TPSA) is 46.3 Å². The summed E-state index contributed by atoms with van der Waals surface area (Å²) >= 11 is 0. The van der Waals surface area contributed by atoms with Crippen molar-refractivity contribution < 1.29 is 4.79 Å². The number of nitrogens with two attached hydrogens (primary N) is 1. The largest absolute Gasteiger partial charge is 0.325 e. The fraction of sp³-hybridized carbons (Fsp3) is 0.588. The summed E-state index contributed by atoms with van der Waals surface area (Å²) in [4.78, 5) is 14.2. The fourth-order valence-corrected chi connectivity index (χ4v) is 3.14. The zero-order valence-electron chi connectivity index (χ0n) is 12.9. The molecule has 0 spiro atoms. The Kier molecular flexibility index (Phi) is 4.48. The number of carbonyl (C=O) groups excluding carboxylic acids is 1. The van der Waals surface area contributed by atoms with Gasteiger partial charge in [0.15, 0.2) is 0 Å². The maximum Gasteiger partial charge on any atom is 0.228 e. The molecule has 0 heterocycles. The van der Waals surface area contributed by atoms with Gasteiger partial charge in [0.25, 0.3) is 0 Å². The van der Waals surface area contributed by atoms with Crippen LogP contribution in [0.3, 0.4) is 0 Å². The lowest BCUT2D eigenvalue weighted by Gasteiger charge is -2.34. The van der Waals surface area contributed by atoms with Crippen LogP contribution in [0.5, 0.6) is 0 Å². The number of hydrogen-bond donors (Lipinski definition) is 1. The van der Waals surface area contributed by atoms with Crippen LogP contribution >= 0.6 is 0 Å². The number of carbonyl (C=O) groups is 1. The van der Waals surface area contributed by atoms with Crippen LogP contribution in [0, 0.1) is 13.8 Å². The molecular weight excluding hydrogens is 248 g/mol. The summed E-state index contributed by atoms with van der Waals surface area (Å²) in [5.74, 6) is 0.124. The van der Waals surface area contributed by atoms with Gasteiger partial charge >= 0.3 is 0 Å². The second kappa shape index (κ2) is 5.96. The van der Waals surface area contributed by atoms with Crippen LogP contribution in [0.2, 0.25) is 0 Å². The maximum absolute atomic E-state index is 12.5. The second-order valence-corrected chi connectivity index (χ2v) is 6.40. The first-order valence-electron chi connectivity index (χ1n) is 7.53. The van der Waals surface area contributed by atoms with Gasteiger partial charge in [-0.15, -0.1) is 0 Å². The van der Waals surface area contributed by atoms with Crippen LogP contribution in [0.4, 0.5) is 5.69 Å². The Labute approximate surface area is 122 Å². The molecule has 0 unspecified atom stereocenters. The van der Waals surface area contributed by atoms with Crippen molar-refractivity contribution in [1.82, 2.24) is 0 Å². The Bertz CT molecular complexity index is 470. The van der Waals surface area contributed by atoms with Gasteiger partial charge in [0.2, 0.25) is 5.91 Å². The molecule has 0 atom stereocenters. The lowest BCUT2D eigenvalue weighted by molar-refractivity contribution is -0.119. The summed E-state index contributed by atoms with van der Waals surface area (Å²) in [5.41, 5.74) is 9.42. The van der Waals surface area contributed by atoms with E-state index in [4.69, 9.17) is 5.73 Å². The number of amides is 1. The number of hydrogen-bond acceptors (Lipinski definition) is 2. The van der Waals surface area contributed by atoms with Gasteiger partial charge < -0.3 is 10.6 Å². The Balaban J connectivity index is 2.08. The molecular formula is C17H26N2O. The number of rotatable bonds is 3. The van der Waals surface area contributed by atoms with E-state index in [1.54, 1.807) is 4.90 Å². The molecule has 20 heavy (non-hydrogen) atoms. The zero-order chi connectivity index (χ0) is 14.8. The first kappa shape index (κ1) is 15.0. The van der Waals surface area contributed by atoms with E-state index in [-0.39, 0.29) is 11.4 Å². The van der Waals surface area contributed by atoms with Crippen LogP contribution in [0.25, 0.3) is 0 Å². The predicted molar refractivity (Wildman–Crippen MR) is 83.9 cm³/mol. The summed E-state index contributed by atoms with van der Waals surface area (Å²) in [7, 11) is 1.85. The maximum atomic E-state index is 12.5. The molecule has 1 aromatic rings. The minimum atomic E-state index is -0.289. The Morgan fingerprint density at radius 1 is 1.15 bits per heavy atom. The minimum Gasteiger partial charge on any atom is -0.325 e. The summed E-state index contributed by atoms with van der Waals surface area (Å²) < 4.78 is 0. The van der Waals surface area contributed by atoms with E-state index in [1.165, 1.54) is 17.5 Å². The van der Waals surface area contributed by atoms with Crippen molar-refractivity contribution in [2.75, 3.05) is 11.9 Å². The van der Waals surface area contributed by atoms with E-state index in [1.807, 2.05) is 7.05 Å². The van der Waals surface area contributed by atoms with E-state index in [9.17, 15) is 4.79 Å². The van der Waals surface area contributed by atoms with Gasteiger partial charge in [0.05, 0.1) is 0 Å². The highest BCUT2D eigenvalue weighted by Crippen LogP contribution is 2.30. The summed E-state index contributed by atoms with van der Waals surface area (Å²) in [6.07, 6.45) is 5.95. The van der Waals surface area contributed by atoms with Crippen molar-refractivity contribution in [3.8, 4) is 0 Å². The summed E-state index contributed by atoms with van der Waals surface area (Å²) in [5, 5.41) is 0. The lowest BCUT2D eigenvalue weighted by atomic mass is 9.80.